The summed E-state index contributed by atoms with van der Waals surface area (Å²) in [7, 11) is 0. The van der Waals surface area contributed by atoms with E-state index in [9.17, 15) is 4.79 Å². The number of aryl methyl sites for hydroxylation is 1. The van der Waals surface area contributed by atoms with Crippen LogP contribution >= 0.6 is 0 Å². The van der Waals surface area contributed by atoms with Crippen LogP contribution in [0.2, 0.25) is 0 Å². The molecule has 4 heteroatoms. The van der Waals surface area contributed by atoms with Crippen LogP contribution in [0.15, 0.2) is 18.3 Å². The zero-order chi connectivity index (χ0) is 12.0. The molecule has 0 atom stereocenters. The molecule has 0 saturated carbocycles. The molecule has 16 heavy (non-hydrogen) atoms. The molecule has 1 aromatic heterocycles. The number of carbonyl (C=O) groups excluding carboxylic acids is 1. The van der Waals surface area contributed by atoms with Gasteiger partial charge < -0.3 is 0 Å². The van der Waals surface area contributed by atoms with Gasteiger partial charge in [-0.1, -0.05) is 13.8 Å². The Kier molecular flexibility index (Phi) is 4.92. The predicted molar refractivity (Wildman–Crippen MR) is 63.9 cm³/mol. The standard InChI is InChI=1S/C12H19N3O/c1-4-11(5-2)14-15-12(16)10-6-7-13-9(3)8-10/h6-8,11,14H,4-5H2,1-3H3,(H,15,16). The second kappa shape index (κ2) is 6.23. The Balaban J connectivity index is 2.52. The van der Waals surface area contributed by atoms with Crippen molar-refractivity contribution in [3.63, 3.8) is 0 Å². The summed E-state index contributed by atoms with van der Waals surface area (Å²) in [6.45, 7) is 6.04. The lowest BCUT2D eigenvalue weighted by atomic mass is 10.2. The normalized spacial score (nSPS) is 10.5. The largest absolute Gasteiger partial charge is 0.287 e. The third-order valence-corrected chi connectivity index (χ3v) is 2.53. The van der Waals surface area contributed by atoms with Crippen molar-refractivity contribution in [2.45, 2.75) is 39.7 Å². The maximum atomic E-state index is 11.7. The van der Waals surface area contributed by atoms with Crippen molar-refractivity contribution >= 4 is 5.91 Å². The molecule has 0 spiro atoms. The van der Waals surface area contributed by atoms with Crippen molar-refractivity contribution in [1.29, 1.82) is 0 Å². The first-order valence-electron chi connectivity index (χ1n) is 5.65. The molecule has 0 fully saturated rings. The number of rotatable bonds is 5. The first-order valence-corrected chi connectivity index (χ1v) is 5.65. The van der Waals surface area contributed by atoms with Gasteiger partial charge in [-0.2, -0.15) is 0 Å². The number of nitrogens with zero attached hydrogens (tertiary/aromatic N) is 1. The Hall–Kier alpha value is -1.42. The summed E-state index contributed by atoms with van der Waals surface area (Å²) in [6.07, 6.45) is 3.62. The lowest BCUT2D eigenvalue weighted by Crippen LogP contribution is -2.43. The van der Waals surface area contributed by atoms with E-state index in [1.807, 2.05) is 6.92 Å². The minimum absolute atomic E-state index is 0.114. The zero-order valence-corrected chi connectivity index (χ0v) is 10.1. The number of hydrogen-bond donors (Lipinski definition) is 2. The quantitative estimate of drug-likeness (QED) is 0.746. The van der Waals surface area contributed by atoms with E-state index in [2.05, 4.69) is 29.7 Å². The van der Waals surface area contributed by atoms with Crippen LogP contribution in [0.1, 0.15) is 42.7 Å². The van der Waals surface area contributed by atoms with Crippen molar-refractivity contribution in [3.05, 3.63) is 29.6 Å². The summed E-state index contributed by atoms with van der Waals surface area (Å²) in [5, 5.41) is 0. The molecule has 88 valence electrons. The van der Waals surface area contributed by atoms with Gasteiger partial charge in [0.2, 0.25) is 0 Å². The first-order chi connectivity index (χ1) is 7.67. The van der Waals surface area contributed by atoms with Crippen LogP contribution in [0.25, 0.3) is 0 Å². The van der Waals surface area contributed by atoms with Crippen molar-refractivity contribution in [3.8, 4) is 0 Å². The molecule has 4 nitrogen and oxygen atoms in total. The number of nitrogens with one attached hydrogen (secondary N) is 2. The minimum atomic E-state index is -0.114. The second-order valence-corrected chi connectivity index (χ2v) is 3.80. The third kappa shape index (κ3) is 3.62. The van der Waals surface area contributed by atoms with Crippen LogP contribution in [0, 0.1) is 6.92 Å². The molecule has 0 unspecified atom stereocenters. The molecule has 0 bridgehead atoms. The molecule has 0 radical (unpaired) electrons. The van der Waals surface area contributed by atoms with Crippen LogP contribution < -0.4 is 10.9 Å². The summed E-state index contributed by atoms with van der Waals surface area (Å²) >= 11 is 0. The van der Waals surface area contributed by atoms with Gasteiger partial charge in [-0.05, 0) is 31.9 Å². The minimum Gasteiger partial charge on any atom is -0.287 e. The maximum Gasteiger partial charge on any atom is 0.265 e. The number of hydrazine groups is 1. The number of carbonyl (C=O) groups is 1. The van der Waals surface area contributed by atoms with Gasteiger partial charge in [-0.15, -0.1) is 0 Å². The second-order valence-electron chi connectivity index (χ2n) is 3.80. The van der Waals surface area contributed by atoms with Crippen molar-refractivity contribution in [1.82, 2.24) is 15.8 Å². The molecule has 0 aliphatic carbocycles. The molecule has 1 amide bonds. The van der Waals surface area contributed by atoms with E-state index in [1.54, 1.807) is 18.3 Å². The Morgan fingerprint density at radius 2 is 2.12 bits per heavy atom. The summed E-state index contributed by atoms with van der Waals surface area (Å²) < 4.78 is 0. The van der Waals surface area contributed by atoms with E-state index in [0.29, 0.717) is 11.6 Å². The number of amides is 1. The number of hydrogen-bond acceptors (Lipinski definition) is 3. The van der Waals surface area contributed by atoms with Gasteiger partial charge in [0.05, 0.1) is 0 Å². The van der Waals surface area contributed by atoms with Crippen molar-refractivity contribution in [2.24, 2.45) is 0 Å². The van der Waals surface area contributed by atoms with Gasteiger partial charge in [0, 0.05) is 23.5 Å². The topological polar surface area (TPSA) is 54.0 Å². The van der Waals surface area contributed by atoms with Crippen LogP contribution in [-0.2, 0) is 0 Å². The lowest BCUT2D eigenvalue weighted by molar-refractivity contribution is 0.0923. The van der Waals surface area contributed by atoms with Gasteiger partial charge in [-0.25, -0.2) is 5.43 Å². The third-order valence-electron chi connectivity index (χ3n) is 2.53. The average Bonchev–Trinajstić information content (AvgIpc) is 2.30. The fourth-order valence-electron chi connectivity index (χ4n) is 1.42. The highest BCUT2D eigenvalue weighted by atomic mass is 16.2. The predicted octanol–water partition coefficient (Wildman–Crippen LogP) is 1.81. The smallest absolute Gasteiger partial charge is 0.265 e. The van der Waals surface area contributed by atoms with Gasteiger partial charge in [0.15, 0.2) is 0 Å². The molecule has 1 rings (SSSR count). The van der Waals surface area contributed by atoms with E-state index in [-0.39, 0.29) is 5.91 Å². The van der Waals surface area contributed by atoms with Crippen LogP contribution in [-0.4, -0.2) is 16.9 Å². The molecular weight excluding hydrogens is 202 g/mol. The van der Waals surface area contributed by atoms with Crippen molar-refractivity contribution in [2.75, 3.05) is 0 Å². The highest BCUT2D eigenvalue weighted by Crippen LogP contribution is 2.00. The van der Waals surface area contributed by atoms with Gasteiger partial charge in [-0.3, -0.25) is 15.2 Å². The summed E-state index contributed by atoms with van der Waals surface area (Å²) in [5.74, 6) is -0.114. The maximum absolute atomic E-state index is 11.7. The van der Waals surface area contributed by atoms with E-state index in [4.69, 9.17) is 0 Å². The number of aromatic nitrogens is 1. The SMILES string of the molecule is CCC(CC)NNC(=O)c1ccnc(C)c1. The van der Waals surface area contributed by atoms with Gasteiger partial charge >= 0.3 is 0 Å². The van der Waals surface area contributed by atoms with E-state index in [0.717, 1.165) is 18.5 Å². The highest BCUT2D eigenvalue weighted by Gasteiger charge is 2.07. The Morgan fingerprint density at radius 3 is 2.69 bits per heavy atom. The summed E-state index contributed by atoms with van der Waals surface area (Å²) in [4.78, 5) is 15.8. The van der Waals surface area contributed by atoms with Gasteiger partial charge in [0.1, 0.15) is 0 Å². The Morgan fingerprint density at radius 1 is 1.44 bits per heavy atom. The molecular formula is C12H19N3O. The van der Waals surface area contributed by atoms with Crippen LogP contribution in [0.5, 0.6) is 0 Å². The number of pyridine rings is 1. The monoisotopic (exact) mass is 221 g/mol. The zero-order valence-electron chi connectivity index (χ0n) is 10.1. The van der Waals surface area contributed by atoms with Gasteiger partial charge in [0.25, 0.3) is 5.91 Å². The summed E-state index contributed by atoms with van der Waals surface area (Å²) in [5.41, 5.74) is 7.20. The molecule has 0 saturated heterocycles. The van der Waals surface area contributed by atoms with E-state index in [1.165, 1.54) is 0 Å². The molecule has 2 N–H and O–H groups in total. The highest BCUT2D eigenvalue weighted by molar-refractivity contribution is 5.93. The first kappa shape index (κ1) is 12.6. The fraction of sp³-hybridized carbons (Fsp3) is 0.500. The molecule has 0 aliphatic rings. The molecule has 1 heterocycles. The molecule has 0 aliphatic heterocycles. The van der Waals surface area contributed by atoms with E-state index >= 15 is 0 Å². The summed E-state index contributed by atoms with van der Waals surface area (Å²) in [6, 6.07) is 3.80. The van der Waals surface area contributed by atoms with Crippen LogP contribution in [0.4, 0.5) is 0 Å². The average molecular weight is 221 g/mol. The lowest BCUT2D eigenvalue weighted by Gasteiger charge is -2.15. The molecule has 1 aromatic rings. The Labute approximate surface area is 96.4 Å². The van der Waals surface area contributed by atoms with E-state index < -0.39 is 0 Å². The van der Waals surface area contributed by atoms with Crippen molar-refractivity contribution < 1.29 is 4.79 Å². The van der Waals surface area contributed by atoms with Crippen LogP contribution in [0.3, 0.4) is 0 Å². The fourth-order valence-corrected chi connectivity index (χ4v) is 1.42. The molecule has 0 aromatic carbocycles. The Bertz CT molecular complexity index is 348.